The quantitative estimate of drug-likeness (QED) is 0.477. The highest BCUT2D eigenvalue weighted by Gasteiger charge is 2.13. The molecule has 0 aromatic rings. The molecule has 2 amide bonds. The van der Waals surface area contributed by atoms with Gasteiger partial charge in [0.1, 0.15) is 0 Å². The standard InChI is InChI=1S/C6H10ClNO3/c1-5(9)8(6(7)10)3-4-11-2/h3-4H2,1-2H3. The molecule has 0 radical (unpaired) electrons. The zero-order valence-corrected chi connectivity index (χ0v) is 7.22. The highest BCUT2D eigenvalue weighted by molar-refractivity contribution is 6.64. The van der Waals surface area contributed by atoms with Crippen LogP contribution < -0.4 is 0 Å². The van der Waals surface area contributed by atoms with Gasteiger partial charge >= 0.3 is 5.37 Å². The third kappa shape index (κ3) is 3.95. The van der Waals surface area contributed by atoms with Crippen molar-refractivity contribution in [1.29, 1.82) is 0 Å². The fourth-order valence-electron chi connectivity index (χ4n) is 0.552. The third-order valence-electron chi connectivity index (χ3n) is 1.11. The van der Waals surface area contributed by atoms with Crippen LogP contribution in [0.15, 0.2) is 0 Å². The van der Waals surface area contributed by atoms with Crippen molar-refractivity contribution in [3.63, 3.8) is 0 Å². The van der Waals surface area contributed by atoms with Gasteiger partial charge in [-0.05, 0) is 11.6 Å². The second-order valence-electron chi connectivity index (χ2n) is 1.92. The molecule has 0 saturated heterocycles. The highest BCUT2D eigenvalue weighted by atomic mass is 35.5. The number of nitrogens with zero attached hydrogens (tertiary/aromatic N) is 1. The minimum Gasteiger partial charge on any atom is -0.383 e. The van der Waals surface area contributed by atoms with Gasteiger partial charge in [-0.1, -0.05) is 0 Å². The number of amides is 2. The Bertz CT molecular complexity index is 146. The van der Waals surface area contributed by atoms with Crippen LogP contribution in [0.2, 0.25) is 0 Å². The van der Waals surface area contributed by atoms with Crippen molar-refractivity contribution in [1.82, 2.24) is 4.90 Å². The van der Waals surface area contributed by atoms with Gasteiger partial charge in [0.15, 0.2) is 0 Å². The Hall–Kier alpha value is -0.610. The number of carbonyl (C=O) groups excluding carboxylic acids is 2. The number of halogens is 1. The number of ether oxygens (including phenoxy) is 1. The van der Waals surface area contributed by atoms with Crippen LogP contribution >= 0.6 is 11.6 Å². The van der Waals surface area contributed by atoms with Gasteiger partial charge in [0.05, 0.1) is 13.2 Å². The molecule has 0 rings (SSSR count). The van der Waals surface area contributed by atoms with Crippen LogP contribution in [-0.2, 0) is 9.53 Å². The van der Waals surface area contributed by atoms with Crippen molar-refractivity contribution < 1.29 is 14.3 Å². The zero-order chi connectivity index (χ0) is 8.85. The van der Waals surface area contributed by atoms with E-state index in [4.69, 9.17) is 11.6 Å². The monoisotopic (exact) mass is 179 g/mol. The molecule has 4 nitrogen and oxygen atoms in total. The van der Waals surface area contributed by atoms with Crippen molar-refractivity contribution in [3.05, 3.63) is 0 Å². The normalized spacial score (nSPS) is 9.36. The summed E-state index contributed by atoms with van der Waals surface area (Å²) in [4.78, 5) is 22.1. The molecule has 0 spiro atoms. The summed E-state index contributed by atoms with van der Waals surface area (Å²) in [5, 5.41) is -0.769. The van der Waals surface area contributed by atoms with Crippen LogP contribution in [-0.4, -0.2) is 36.4 Å². The summed E-state index contributed by atoms with van der Waals surface area (Å²) in [6.07, 6.45) is 0. The average molecular weight is 180 g/mol. The van der Waals surface area contributed by atoms with Gasteiger partial charge in [-0.3, -0.25) is 14.5 Å². The lowest BCUT2D eigenvalue weighted by molar-refractivity contribution is -0.126. The largest absolute Gasteiger partial charge is 0.383 e. The molecule has 64 valence electrons. The minimum atomic E-state index is -0.769. The Balaban J connectivity index is 3.90. The number of carbonyl (C=O) groups is 2. The fourth-order valence-corrected chi connectivity index (χ4v) is 0.755. The molecule has 11 heavy (non-hydrogen) atoms. The molecular formula is C6H10ClNO3. The molecule has 0 aliphatic rings. The summed E-state index contributed by atoms with van der Waals surface area (Å²) in [6.45, 7) is 1.78. The summed E-state index contributed by atoms with van der Waals surface area (Å²) >= 11 is 5.09. The predicted molar refractivity (Wildman–Crippen MR) is 40.5 cm³/mol. The van der Waals surface area contributed by atoms with E-state index in [0.29, 0.717) is 6.61 Å². The lowest BCUT2D eigenvalue weighted by Crippen LogP contribution is -2.33. The number of rotatable bonds is 3. The molecule has 0 aromatic carbocycles. The molecular weight excluding hydrogens is 170 g/mol. The molecule has 0 N–H and O–H groups in total. The maximum atomic E-state index is 10.7. The first-order valence-electron chi connectivity index (χ1n) is 3.06. The van der Waals surface area contributed by atoms with Crippen LogP contribution in [0.25, 0.3) is 0 Å². The Morgan fingerprint density at radius 3 is 2.36 bits per heavy atom. The van der Waals surface area contributed by atoms with E-state index < -0.39 is 5.37 Å². The zero-order valence-electron chi connectivity index (χ0n) is 6.46. The Labute approximate surface area is 70.1 Å². The van der Waals surface area contributed by atoms with Gasteiger partial charge in [0, 0.05) is 14.0 Å². The van der Waals surface area contributed by atoms with Gasteiger partial charge in [-0.25, -0.2) is 0 Å². The Morgan fingerprint density at radius 2 is 2.09 bits per heavy atom. The van der Waals surface area contributed by atoms with E-state index in [1.54, 1.807) is 0 Å². The molecule has 0 atom stereocenters. The van der Waals surface area contributed by atoms with Gasteiger partial charge in [0.25, 0.3) is 0 Å². The highest BCUT2D eigenvalue weighted by Crippen LogP contribution is 1.96. The summed E-state index contributed by atoms with van der Waals surface area (Å²) < 4.78 is 4.67. The van der Waals surface area contributed by atoms with E-state index in [-0.39, 0.29) is 12.5 Å². The number of methoxy groups -OCH3 is 1. The molecule has 5 heteroatoms. The molecule has 0 fully saturated rings. The molecule has 0 aliphatic carbocycles. The minimum absolute atomic E-state index is 0.203. The second kappa shape index (κ2) is 5.09. The SMILES string of the molecule is COCCN(C(C)=O)C(=O)Cl. The van der Waals surface area contributed by atoms with Crippen LogP contribution in [0.1, 0.15) is 6.92 Å². The van der Waals surface area contributed by atoms with Crippen LogP contribution in [0.4, 0.5) is 4.79 Å². The van der Waals surface area contributed by atoms with Gasteiger partial charge < -0.3 is 4.74 Å². The topological polar surface area (TPSA) is 46.6 Å². The Morgan fingerprint density at radius 1 is 1.55 bits per heavy atom. The van der Waals surface area contributed by atoms with Crippen LogP contribution in [0.3, 0.4) is 0 Å². The van der Waals surface area contributed by atoms with Crippen molar-refractivity contribution in [2.45, 2.75) is 6.92 Å². The van der Waals surface area contributed by atoms with Crippen LogP contribution in [0, 0.1) is 0 Å². The van der Waals surface area contributed by atoms with Crippen molar-refractivity contribution in [3.8, 4) is 0 Å². The fraction of sp³-hybridized carbons (Fsp3) is 0.667. The lowest BCUT2D eigenvalue weighted by atomic mass is 10.5. The van der Waals surface area contributed by atoms with Crippen molar-refractivity contribution in [2.24, 2.45) is 0 Å². The van der Waals surface area contributed by atoms with E-state index in [9.17, 15) is 9.59 Å². The summed E-state index contributed by atoms with van der Waals surface area (Å²) in [6, 6.07) is 0. The third-order valence-corrected chi connectivity index (χ3v) is 1.32. The summed E-state index contributed by atoms with van der Waals surface area (Å²) in [5.41, 5.74) is 0. The average Bonchev–Trinajstić information content (AvgIpc) is 1.87. The molecule has 0 aromatic heterocycles. The van der Waals surface area contributed by atoms with Gasteiger partial charge in [-0.2, -0.15) is 0 Å². The van der Waals surface area contributed by atoms with Gasteiger partial charge in [0.2, 0.25) is 5.91 Å². The van der Waals surface area contributed by atoms with E-state index in [0.717, 1.165) is 4.90 Å². The van der Waals surface area contributed by atoms with E-state index in [1.165, 1.54) is 14.0 Å². The van der Waals surface area contributed by atoms with E-state index in [2.05, 4.69) is 4.74 Å². The van der Waals surface area contributed by atoms with E-state index >= 15 is 0 Å². The predicted octanol–water partition coefficient (Wildman–Crippen LogP) is 0.840. The molecule has 0 unspecified atom stereocenters. The second-order valence-corrected chi connectivity index (χ2v) is 2.24. The molecule has 0 heterocycles. The maximum absolute atomic E-state index is 10.7. The number of hydrogen-bond donors (Lipinski definition) is 0. The summed E-state index contributed by atoms with van der Waals surface area (Å²) in [5.74, 6) is -0.373. The first kappa shape index (κ1) is 10.4. The number of imide groups is 1. The smallest absolute Gasteiger partial charge is 0.323 e. The van der Waals surface area contributed by atoms with Crippen molar-refractivity contribution >= 4 is 22.9 Å². The molecule has 0 aliphatic heterocycles. The van der Waals surface area contributed by atoms with Crippen LogP contribution in [0.5, 0.6) is 0 Å². The molecule has 0 bridgehead atoms. The first-order chi connectivity index (χ1) is 5.09. The maximum Gasteiger partial charge on any atom is 0.323 e. The molecule has 0 saturated carbocycles. The number of hydrogen-bond acceptors (Lipinski definition) is 3. The van der Waals surface area contributed by atoms with Gasteiger partial charge in [-0.15, -0.1) is 0 Å². The van der Waals surface area contributed by atoms with Crippen molar-refractivity contribution in [2.75, 3.05) is 20.3 Å². The Kier molecular flexibility index (Phi) is 4.81. The first-order valence-corrected chi connectivity index (χ1v) is 3.44. The lowest BCUT2D eigenvalue weighted by Gasteiger charge is -2.13. The summed E-state index contributed by atoms with van der Waals surface area (Å²) in [7, 11) is 1.48. The van der Waals surface area contributed by atoms with E-state index in [1.807, 2.05) is 0 Å².